The zero-order chi connectivity index (χ0) is 23.1. The highest BCUT2D eigenvalue weighted by Crippen LogP contribution is 2.35. The van der Waals surface area contributed by atoms with E-state index in [2.05, 4.69) is 23.3 Å². The molecule has 3 atom stereocenters. The molecule has 9 heteroatoms. The first kappa shape index (κ1) is 23.9. The Kier molecular flexibility index (Phi) is 8.38. The van der Waals surface area contributed by atoms with Crippen LogP contribution in [-0.2, 0) is 11.2 Å². The quantitative estimate of drug-likeness (QED) is 0.340. The van der Waals surface area contributed by atoms with Gasteiger partial charge in [0.05, 0.1) is 19.3 Å². The van der Waals surface area contributed by atoms with Crippen molar-refractivity contribution in [1.82, 2.24) is 10.6 Å². The van der Waals surface area contributed by atoms with Crippen LogP contribution in [0, 0.1) is 0 Å². The van der Waals surface area contributed by atoms with Gasteiger partial charge in [-0.15, -0.1) is 0 Å². The first-order chi connectivity index (χ1) is 15.4. The van der Waals surface area contributed by atoms with Crippen LogP contribution in [0.2, 0.25) is 0 Å². The zero-order valence-corrected chi connectivity index (χ0v) is 18.9. The minimum absolute atomic E-state index is 0.0173. The molecule has 1 heterocycles. The van der Waals surface area contributed by atoms with Gasteiger partial charge in [0.15, 0.2) is 0 Å². The number of hydrogen-bond acceptors (Lipinski definition) is 7. The number of primary amides is 1. The molecule has 2 aromatic carbocycles. The summed E-state index contributed by atoms with van der Waals surface area (Å²) in [5.74, 6) is 0.779. The number of carbonyl (C=O) groups is 2. The van der Waals surface area contributed by atoms with Crippen LogP contribution in [0.25, 0.3) is 0 Å². The summed E-state index contributed by atoms with van der Waals surface area (Å²) in [5.41, 5.74) is 13.6. The van der Waals surface area contributed by atoms with Gasteiger partial charge < -0.3 is 31.6 Å². The number of rotatable bonds is 10. The largest absolute Gasteiger partial charge is 0.497 e. The Hall–Kier alpha value is -2.75. The minimum atomic E-state index is -0.863. The van der Waals surface area contributed by atoms with Crippen LogP contribution in [0.3, 0.4) is 0 Å². The number of fused-ring (bicyclic) bond motifs is 1. The monoisotopic (exact) mass is 458 g/mol. The van der Waals surface area contributed by atoms with Gasteiger partial charge in [-0.2, -0.15) is 12.6 Å². The van der Waals surface area contributed by atoms with Crippen molar-refractivity contribution in [3.63, 3.8) is 0 Å². The predicted octanol–water partition coefficient (Wildman–Crippen LogP) is 1.19. The molecule has 172 valence electrons. The second-order valence-electron chi connectivity index (χ2n) is 7.75. The van der Waals surface area contributed by atoms with E-state index in [1.807, 2.05) is 18.2 Å². The molecule has 3 rings (SSSR count). The first-order valence-corrected chi connectivity index (χ1v) is 11.1. The van der Waals surface area contributed by atoms with Crippen molar-refractivity contribution < 1.29 is 19.1 Å². The zero-order valence-electron chi connectivity index (χ0n) is 18.0. The molecular formula is C23H30N4O4S. The number of amides is 2. The van der Waals surface area contributed by atoms with E-state index in [1.54, 1.807) is 31.4 Å². The standard InChI is InChI=1S/C23H30N4O4S/c1-30-16-7-5-14(6-8-16)11-20(22(25)28)27-23(29)18-4-2-3-17-19(9-10-31-21(17)18)26-12-15(24)13-32/h2-8,15,19-20,26,32H,9-13,24H2,1H3,(H2,25,28)(H,27,29). The van der Waals surface area contributed by atoms with Crippen LogP contribution in [0.5, 0.6) is 11.5 Å². The lowest BCUT2D eigenvalue weighted by molar-refractivity contribution is -0.119. The van der Waals surface area contributed by atoms with E-state index in [9.17, 15) is 9.59 Å². The van der Waals surface area contributed by atoms with Crippen LogP contribution in [0.1, 0.15) is 33.9 Å². The van der Waals surface area contributed by atoms with E-state index in [0.29, 0.717) is 36.0 Å². The molecular weight excluding hydrogens is 428 g/mol. The van der Waals surface area contributed by atoms with Crippen molar-refractivity contribution in [1.29, 1.82) is 0 Å². The Morgan fingerprint density at radius 1 is 1.25 bits per heavy atom. The average Bonchev–Trinajstić information content (AvgIpc) is 2.81. The van der Waals surface area contributed by atoms with Crippen LogP contribution in [0.4, 0.5) is 0 Å². The van der Waals surface area contributed by atoms with Gasteiger partial charge in [0, 0.05) is 42.8 Å². The summed E-state index contributed by atoms with van der Waals surface area (Å²) in [4.78, 5) is 25.1. The SMILES string of the molecule is COc1ccc(CC(NC(=O)c2cccc3c2OCCC3NCC(N)CS)C(N)=O)cc1. The summed E-state index contributed by atoms with van der Waals surface area (Å²) >= 11 is 4.22. The molecule has 8 nitrogen and oxygen atoms in total. The molecule has 0 saturated carbocycles. The lowest BCUT2D eigenvalue weighted by atomic mass is 9.96. The van der Waals surface area contributed by atoms with E-state index < -0.39 is 17.9 Å². The van der Waals surface area contributed by atoms with E-state index in [0.717, 1.165) is 17.5 Å². The molecule has 1 aliphatic rings. The fourth-order valence-electron chi connectivity index (χ4n) is 3.63. The van der Waals surface area contributed by atoms with Gasteiger partial charge in [-0.3, -0.25) is 9.59 Å². The number of methoxy groups -OCH3 is 1. The summed E-state index contributed by atoms with van der Waals surface area (Å²) in [6.45, 7) is 1.08. The lowest BCUT2D eigenvalue weighted by Crippen LogP contribution is -2.46. The Bertz CT molecular complexity index is 938. The summed E-state index contributed by atoms with van der Waals surface area (Å²) in [6, 6.07) is 11.8. The number of thiol groups is 1. The van der Waals surface area contributed by atoms with Crippen LogP contribution in [-0.4, -0.2) is 49.9 Å². The van der Waals surface area contributed by atoms with E-state index >= 15 is 0 Å². The average molecular weight is 459 g/mol. The number of benzene rings is 2. The van der Waals surface area contributed by atoms with Crippen molar-refractivity contribution >= 4 is 24.4 Å². The molecule has 6 N–H and O–H groups in total. The van der Waals surface area contributed by atoms with Crippen LogP contribution in [0.15, 0.2) is 42.5 Å². The summed E-state index contributed by atoms with van der Waals surface area (Å²) in [6.07, 6.45) is 1.03. The molecule has 1 aliphatic heterocycles. The Morgan fingerprint density at radius 2 is 2.00 bits per heavy atom. The second kappa shape index (κ2) is 11.2. The fourth-order valence-corrected chi connectivity index (χ4v) is 3.76. The van der Waals surface area contributed by atoms with Crippen molar-refractivity contribution in [2.24, 2.45) is 11.5 Å². The van der Waals surface area contributed by atoms with Crippen molar-refractivity contribution in [2.75, 3.05) is 26.0 Å². The van der Waals surface area contributed by atoms with Gasteiger partial charge in [0.1, 0.15) is 17.5 Å². The number of carbonyl (C=O) groups excluding carboxylic acids is 2. The van der Waals surface area contributed by atoms with Gasteiger partial charge in [-0.1, -0.05) is 24.3 Å². The number of hydrogen-bond donors (Lipinski definition) is 5. The Morgan fingerprint density at radius 3 is 2.66 bits per heavy atom. The third-order valence-electron chi connectivity index (χ3n) is 5.43. The summed E-state index contributed by atoms with van der Waals surface area (Å²) < 4.78 is 11.0. The third-order valence-corrected chi connectivity index (χ3v) is 5.90. The summed E-state index contributed by atoms with van der Waals surface area (Å²) in [7, 11) is 1.58. The van der Waals surface area contributed by atoms with Crippen LogP contribution >= 0.6 is 12.6 Å². The molecule has 2 aromatic rings. The van der Waals surface area contributed by atoms with Crippen molar-refractivity contribution in [2.45, 2.75) is 31.0 Å². The minimum Gasteiger partial charge on any atom is -0.497 e. The number of nitrogens with one attached hydrogen (secondary N) is 2. The molecule has 0 aliphatic carbocycles. The topological polar surface area (TPSA) is 129 Å². The maximum atomic E-state index is 13.1. The normalized spacial score (nSPS) is 16.9. The molecule has 0 radical (unpaired) electrons. The van der Waals surface area contributed by atoms with E-state index in [1.165, 1.54) is 0 Å². The number of para-hydroxylation sites is 1. The first-order valence-electron chi connectivity index (χ1n) is 10.5. The van der Waals surface area contributed by atoms with E-state index in [-0.39, 0.29) is 18.5 Å². The van der Waals surface area contributed by atoms with Gasteiger partial charge in [-0.25, -0.2) is 0 Å². The van der Waals surface area contributed by atoms with Crippen molar-refractivity contribution in [3.05, 3.63) is 59.2 Å². The van der Waals surface area contributed by atoms with Gasteiger partial charge in [0.2, 0.25) is 5.91 Å². The molecule has 2 amide bonds. The van der Waals surface area contributed by atoms with Crippen molar-refractivity contribution in [3.8, 4) is 11.5 Å². The molecule has 0 spiro atoms. The van der Waals surface area contributed by atoms with Gasteiger partial charge in [-0.05, 0) is 23.8 Å². The third kappa shape index (κ3) is 5.93. The Labute approximate surface area is 193 Å². The predicted molar refractivity (Wildman–Crippen MR) is 126 cm³/mol. The number of ether oxygens (including phenoxy) is 2. The van der Waals surface area contributed by atoms with E-state index in [4.69, 9.17) is 20.9 Å². The Balaban J connectivity index is 1.75. The molecule has 3 unspecified atom stereocenters. The highest BCUT2D eigenvalue weighted by atomic mass is 32.1. The van der Waals surface area contributed by atoms with Gasteiger partial charge >= 0.3 is 0 Å². The maximum absolute atomic E-state index is 13.1. The highest BCUT2D eigenvalue weighted by Gasteiger charge is 2.28. The lowest BCUT2D eigenvalue weighted by Gasteiger charge is -2.29. The smallest absolute Gasteiger partial charge is 0.255 e. The van der Waals surface area contributed by atoms with Gasteiger partial charge in [0.25, 0.3) is 5.91 Å². The maximum Gasteiger partial charge on any atom is 0.255 e. The summed E-state index contributed by atoms with van der Waals surface area (Å²) in [5, 5.41) is 6.18. The fraction of sp³-hybridized carbons (Fsp3) is 0.391. The molecule has 32 heavy (non-hydrogen) atoms. The number of nitrogens with two attached hydrogens (primary N) is 2. The molecule has 0 aromatic heterocycles. The molecule has 0 saturated heterocycles. The second-order valence-corrected chi connectivity index (χ2v) is 8.11. The molecule has 0 bridgehead atoms. The molecule has 0 fully saturated rings. The highest BCUT2D eigenvalue weighted by molar-refractivity contribution is 7.80. The van der Waals surface area contributed by atoms with Crippen LogP contribution < -0.4 is 31.6 Å².